The van der Waals surface area contributed by atoms with E-state index < -0.39 is 0 Å². The topological polar surface area (TPSA) is 37.0 Å². The predicted octanol–water partition coefficient (Wildman–Crippen LogP) is 1.02. The van der Waals surface area contributed by atoms with Crippen LogP contribution in [0.3, 0.4) is 0 Å². The SMILES string of the molecule is CNCCNc1ccncc1C. The van der Waals surface area contributed by atoms with Gasteiger partial charge in [0.2, 0.25) is 0 Å². The maximum absolute atomic E-state index is 4.02. The van der Waals surface area contributed by atoms with Crippen molar-refractivity contribution >= 4 is 5.69 Å². The summed E-state index contributed by atoms with van der Waals surface area (Å²) >= 11 is 0. The van der Waals surface area contributed by atoms with Gasteiger partial charge in [-0.2, -0.15) is 0 Å². The van der Waals surface area contributed by atoms with Gasteiger partial charge in [-0.05, 0) is 25.6 Å². The first-order valence-corrected chi connectivity index (χ1v) is 4.13. The maximum atomic E-state index is 4.02. The Morgan fingerprint density at radius 1 is 1.42 bits per heavy atom. The average Bonchev–Trinajstić information content (AvgIpc) is 2.09. The molecule has 0 unspecified atom stereocenters. The number of nitrogens with zero attached hydrogens (tertiary/aromatic N) is 1. The first-order chi connectivity index (χ1) is 5.84. The van der Waals surface area contributed by atoms with Crippen molar-refractivity contribution in [3.05, 3.63) is 24.0 Å². The molecule has 66 valence electrons. The number of anilines is 1. The first-order valence-electron chi connectivity index (χ1n) is 4.13. The van der Waals surface area contributed by atoms with Gasteiger partial charge in [-0.3, -0.25) is 4.98 Å². The van der Waals surface area contributed by atoms with Crippen LogP contribution in [0.5, 0.6) is 0 Å². The fourth-order valence-electron chi connectivity index (χ4n) is 0.994. The highest BCUT2D eigenvalue weighted by atomic mass is 14.9. The fourth-order valence-corrected chi connectivity index (χ4v) is 0.994. The predicted molar refractivity (Wildman–Crippen MR) is 51.4 cm³/mol. The van der Waals surface area contributed by atoms with E-state index in [1.807, 2.05) is 19.3 Å². The van der Waals surface area contributed by atoms with Gasteiger partial charge in [0.1, 0.15) is 0 Å². The molecular weight excluding hydrogens is 150 g/mol. The second-order valence-electron chi connectivity index (χ2n) is 2.72. The minimum absolute atomic E-state index is 0.946. The van der Waals surface area contributed by atoms with Gasteiger partial charge in [-0.15, -0.1) is 0 Å². The highest BCUT2D eigenvalue weighted by Crippen LogP contribution is 2.10. The molecule has 1 aromatic heterocycles. The van der Waals surface area contributed by atoms with E-state index in [2.05, 4.69) is 22.5 Å². The number of aryl methyl sites for hydroxylation is 1. The summed E-state index contributed by atoms with van der Waals surface area (Å²) in [6.45, 7) is 3.97. The second-order valence-corrected chi connectivity index (χ2v) is 2.72. The fraction of sp³-hybridized carbons (Fsp3) is 0.444. The standard InChI is InChI=1S/C9H15N3/c1-8-7-11-4-3-9(8)12-6-5-10-2/h3-4,7,10H,5-6H2,1-2H3,(H,11,12). The normalized spacial score (nSPS) is 9.83. The minimum Gasteiger partial charge on any atom is -0.383 e. The van der Waals surface area contributed by atoms with Crippen molar-refractivity contribution in [1.29, 1.82) is 0 Å². The lowest BCUT2D eigenvalue weighted by Crippen LogP contribution is -2.18. The van der Waals surface area contributed by atoms with Crippen molar-refractivity contribution in [2.75, 3.05) is 25.5 Å². The number of pyridine rings is 1. The molecule has 0 spiro atoms. The zero-order valence-corrected chi connectivity index (χ0v) is 7.59. The first kappa shape index (κ1) is 9.00. The van der Waals surface area contributed by atoms with E-state index in [4.69, 9.17) is 0 Å². The van der Waals surface area contributed by atoms with Crippen LogP contribution in [-0.4, -0.2) is 25.1 Å². The molecule has 0 saturated heterocycles. The van der Waals surface area contributed by atoms with E-state index >= 15 is 0 Å². The van der Waals surface area contributed by atoms with Gasteiger partial charge in [-0.1, -0.05) is 0 Å². The average molecular weight is 165 g/mol. The number of likely N-dealkylation sites (N-methyl/N-ethyl adjacent to an activating group) is 1. The summed E-state index contributed by atoms with van der Waals surface area (Å²) in [5.41, 5.74) is 2.36. The number of rotatable bonds is 4. The summed E-state index contributed by atoms with van der Waals surface area (Å²) in [6, 6.07) is 1.99. The maximum Gasteiger partial charge on any atom is 0.0401 e. The quantitative estimate of drug-likeness (QED) is 0.654. The van der Waals surface area contributed by atoms with E-state index in [0.29, 0.717) is 0 Å². The smallest absolute Gasteiger partial charge is 0.0401 e. The molecule has 0 amide bonds. The van der Waals surface area contributed by atoms with Crippen LogP contribution in [0.15, 0.2) is 18.5 Å². The van der Waals surface area contributed by atoms with Crippen molar-refractivity contribution in [2.45, 2.75) is 6.92 Å². The Balaban J connectivity index is 2.46. The molecule has 0 aliphatic heterocycles. The van der Waals surface area contributed by atoms with Gasteiger partial charge < -0.3 is 10.6 Å². The molecule has 3 nitrogen and oxygen atoms in total. The molecule has 1 rings (SSSR count). The van der Waals surface area contributed by atoms with Gasteiger partial charge in [0.15, 0.2) is 0 Å². The Morgan fingerprint density at radius 2 is 2.25 bits per heavy atom. The third kappa shape index (κ3) is 2.51. The highest BCUT2D eigenvalue weighted by Gasteiger charge is 1.93. The van der Waals surface area contributed by atoms with E-state index in [1.54, 1.807) is 6.20 Å². The van der Waals surface area contributed by atoms with Crippen molar-refractivity contribution in [2.24, 2.45) is 0 Å². The molecule has 0 aliphatic carbocycles. The summed E-state index contributed by atoms with van der Waals surface area (Å²) < 4.78 is 0. The van der Waals surface area contributed by atoms with E-state index in [-0.39, 0.29) is 0 Å². The molecule has 0 bridgehead atoms. The second kappa shape index (κ2) is 4.72. The Hall–Kier alpha value is -1.09. The van der Waals surface area contributed by atoms with E-state index in [1.165, 1.54) is 11.3 Å². The van der Waals surface area contributed by atoms with E-state index in [9.17, 15) is 0 Å². The van der Waals surface area contributed by atoms with Crippen molar-refractivity contribution < 1.29 is 0 Å². The number of hydrogen-bond donors (Lipinski definition) is 2. The lowest BCUT2D eigenvalue weighted by Gasteiger charge is -2.07. The summed E-state index contributed by atoms with van der Waals surface area (Å²) in [5, 5.41) is 6.39. The van der Waals surface area contributed by atoms with Gasteiger partial charge in [0.05, 0.1) is 0 Å². The van der Waals surface area contributed by atoms with Crippen molar-refractivity contribution in [3.63, 3.8) is 0 Å². The summed E-state index contributed by atoms with van der Waals surface area (Å²) in [6.07, 6.45) is 3.66. The molecule has 0 saturated carbocycles. The van der Waals surface area contributed by atoms with Gasteiger partial charge in [-0.25, -0.2) is 0 Å². The molecule has 2 N–H and O–H groups in total. The Labute approximate surface area is 73.2 Å². The number of nitrogens with one attached hydrogen (secondary N) is 2. The van der Waals surface area contributed by atoms with Crippen LogP contribution in [0, 0.1) is 6.92 Å². The molecule has 0 radical (unpaired) electrons. The van der Waals surface area contributed by atoms with Gasteiger partial charge in [0.25, 0.3) is 0 Å². The van der Waals surface area contributed by atoms with Crippen LogP contribution in [0.4, 0.5) is 5.69 Å². The van der Waals surface area contributed by atoms with Crippen LogP contribution in [0.2, 0.25) is 0 Å². The van der Waals surface area contributed by atoms with Gasteiger partial charge in [0, 0.05) is 31.2 Å². The Morgan fingerprint density at radius 3 is 2.92 bits per heavy atom. The lowest BCUT2D eigenvalue weighted by atomic mass is 10.2. The Bertz CT molecular complexity index is 235. The molecule has 0 fully saturated rings. The van der Waals surface area contributed by atoms with E-state index in [0.717, 1.165) is 13.1 Å². The van der Waals surface area contributed by atoms with Crippen molar-refractivity contribution in [1.82, 2.24) is 10.3 Å². The molecule has 1 heterocycles. The van der Waals surface area contributed by atoms with Crippen LogP contribution in [0.1, 0.15) is 5.56 Å². The molecule has 3 heteroatoms. The lowest BCUT2D eigenvalue weighted by molar-refractivity contribution is 0.823. The summed E-state index contributed by atoms with van der Waals surface area (Å²) in [5.74, 6) is 0. The van der Waals surface area contributed by atoms with Crippen LogP contribution in [0.25, 0.3) is 0 Å². The molecule has 0 atom stereocenters. The molecular formula is C9H15N3. The van der Waals surface area contributed by atoms with Crippen LogP contribution < -0.4 is 10.6 Å². The third-order valence-electron chi connectivity index (χ3n) is 1.71. The zero-order chi connectivity index (χ0) is 8.81. The monoisotopic (exact) mass is 165 g/mol. The number of hydrogen-bond acceptors (Lipinski definition) is 3. The number of aromatic nitrogens is 1. The van der Waals surface area contributed by atoms with Crippen LogP contribution >= 0.6 is 0 Å². The summed E-state index contributed by atoms with van der Waals surface area (Å²) in [4.78, 5) is 4.02. The van der Waals surface area contributed by atoms with Crippen LogP contribution in [-0.2, 0) is 0 Å². The largest absolute Gasteiger partial charge is 0.383 e. The zero-order valence-electron chi connectivity index (χ0n) is 7.59. The Kier molecular flexibility index (Phi) is 3.54. The molecule has 0 aliphatic rings. The summed E-state index contributed by atoms with van der Waals surface area (Å²) in [7, 11) is 1.95. The highest BCUT2D eigenvalue weighted by molar-refractivity contribution is 5.48. The molecule has 1 aromatic rings. The van der Waals surface area contributed by atoms with Gasteiger partial charge >= 0.3 is 0 Å². The third-order valence-corrected chi connectivity index (χ3v) is 1.71. The molecule has 12 heavy (non-hydrogen) atoms. The molecule has 0 aromatic carbocycles. The minimum atomic E-state index is 0.946. The van der Waals surface area contributed by atoms with Crippen molar-refractivity contribution in [3.8, 4) is 0 Å².